The second kappa shape index (κ2) is 8.05. The Morgan fingerprint density at radius 1 is 1.22 bits per heavy atom. The second-order valence-corrected chi connectivity index (χ2v) is 5.89. The smallest absolute Gasteiger partial charge is 0.354 e. The number of halogens is 3. The van der Waals surface area contributed by atoms with Gasteiger partial charge in [-0.15, -0.1) is 11.8 Å². The van der Waals surface area contributed by atoms with Crippen LogP contribution in [0.25, 0.3) is 0 Å². The van der Waals surface area contributed by atoms with E-state index in [0.717, 1.165) is 11.0 Å². The first-order valence-corrected chi connectivity index (χ1v) is 7.99. The Kier molecular flexibility index (Phi) is 6.09. The maximum absolute atomic E-state index is 12.4. The van der Waals surface area contributed by atoms with Gasteiger partial charge in [-0.1, -0.05) is 18.2 Å². The monoisotopic (exact) mass is 343 g/mol. The molecule has 8 heteroatoms. The van der Waals surface area contributed by atoms with Crippen molar-refractivity contribution >= 4 is 17.7 Å². The lowest BCUT2D eigenvalue weighted by molar-refractivity contribution is -0.141. The minimum absolute atomic E-state index is 0.128. The van der Waals surface area contributed by atoms with Crippen molar-refractivity contribution < 1.29 is 18.0 Å². The summed E-state index contributed by atoms with van der Waals surface area (Å²) < 4.78 is 38.3. The zero-order valence-corrected chi connectivity index (χ0v) is 13.0. The van der Waals surface area contributed by atoms with E-state index in [0.29, 0.717) is 12.2 Å². The van der Waals surface area contributed by atoms with Gasteiger partial charge in [0.1, 0.15) is 0 Å². The number of carbonyl (C=O) groups is 1. The molecule has 1 aromatic carbocycles. The molecule has 124 valence electrons. The highest BCUT2D eigenvalue weighted by molar-refractivity contribution is 7.99. The first-order valence-electron chi connectivity index (χ1n) is 7.00. The SMILES string of the molecule is O=C(CCSc1ccccc1)NCCn1ccc(C(F)(F)F)n1. The summed E-state index contributed by atoms with van der Waals surface area (Å²) in [5, 5.41) is 6.09. The fourth-order valence-corrected chi connectivity index (χ4v) is 2.69. The third kappa shape index (κ3) is 5.97. The van der Waals surface area contributed by atoms with Gasteiger partial charge in [0.25, 0.3) is 0 Å². The third-order valence-electron chi connectivity index (χ3n) is 2.94. The molecule has 1 N–H and O–H groups in total. The molecule has 0 radical (unpaired) electrons. The molecule has 0 saturated carbocycles. The maximum Gasteiger partial charge on any atom is 0.435 e. The van der Waals surface area contributed by atoms with Crippen molar-refractivity contribution in [3.05, 3.63) is 48.3 Å². The van der Waals surface area contributed by atoms with E-state index < -0.39 is 11.9 Å². The molecule has 0 saturated heterocycles. The lowest BCUT2D eigenvalue weighted by Gasteiger charge is -2.06. The average Bonchev–Trinajstić information content (AvgIpc) is 2.97. The predicted molar refractivity (Wildman–Crippen MR) is 82.0 cm³/mol. The van der Waals surface area contributed by atoms with Crippen LogP contribution in [0.15, 0.2) is 47.5 Å². The molecule has 23 heavy (non-hydrogen) atoms. The number of carbonyl (C=O) groups excluding carboxylic acids is 1. The normalized spacial score (nSPS) is 11.4. The average molecular weight is 343 g/mol. The van der Waals surface area contributed by atoms with Crippen LogP contribution in [0.1, 0.15) is 12.1 Å². The maximum atomic E-state index is 12.4. The molecule has 0 atom stereocenters. The number of amides is 1. The van der Waals surface area contributed by atoms with Gasteiger partial charge in [-0.2, -0.15) is 18.3 Å². The highest BCUT2D eigenvalue weighted by Gasteiger charge is 2.33. The van der Waals surface area contributed by atoms with Gasteiger partial charge in [-0.05, 0) is 18.2 Å². The molecular weight excluding hydrogens is 327 g/mol. The lowest BCUT2D eigenvalue weighted by Crippen LogP contribution is -2.27. The standard InChI is InChI=1S/C15H16F3N3OS/c16-15(17,18)13-6-9-21(20-13)10-8-19-14(22)7-11-23-12-4-2-1-3-5-12/h1-6,9H,7-8,10-11H2,(H,19,22). The molecule has 4 nitrogen and oxygen atoms in total. The van der Waals surface area contributed by atoms with E-state index in [-0.39, 0.29) is 19.0 Å². The van der Waals surface area contributed by atoms with Crippen LogP contribution in [0.5, 0.6) is 0 Å². The van der Waals surface area contributed by atoms with Crippen molar-refractivity contribution in [2.24, 2.45) is 0 Å². The zero-order valence-electron chi connectivity index (χ0n) is 12.2. The molecule has 0 bridgehead atoms. The fourth-order valence-electron chi connectivity index (χ4n) is 1.81. The van der Waals surface area contributed by atoms with E-state index in [2.05, 4.69) is 10.4 Å². The van der Waals surface area contributed by atoms with E-state index in [1.54, 1.807) is 11.8 Å². The van der Waals surface area contributed by atoms with Crippen molar-refractivity contribution in [2.75, 3.05) is 12.3 Å². The molecule has 2 aromatic rings. The molecule has 0 aliphatic heterocycles. The van der Waals surface area contributed by atoms with Crippen molar-refractivity contribution in [1.29, 1.82) is 0 Å². The Labute approximate surface area is 136 Å². The number of rotatable bonds is 7. The Bertz CT molecular complexity index is 628. The van der Waals surface area contributed by atoms with Crippen LogP contribution >= 0.6 is 11.8 Å². The van der Waals surface area contributed by atoms with Gasteiger partial charge < -0.3 is 5.32 Å². The van der Waals surface area contributed by atoms with Gasteiger partial charge in [0.15, 0.2) is 5.69 Å². The number of nitrogens with one attached hydrogen (secondary N) is 1. The highest BCUT2D eigenvalue weighted by Crippen LogP contribution is 2.27. The summed E-state index contributed by atoms with van der Waals surface area (Å²) in [7, 11) is 0. The van der Waals surface area contributed by atoms with Gasteiger partial charge in [0.2, 0.25) is 5.91 Å². The summed E-state index contributed by atoms with van der Waals surface area (Å²) in [6.45, 7) is 0.446. The number of thioether (sulfide) groups is 1. The van der Waals surface area contributed by atoms with Crippen LogP contribution in [-0.4, -0.2) is 28.0 Å². The van der Waals surface area contributed by atoms with Crippen molar-refractivity contribution in [1.82, 2.24) is 15.1 Å². The number of hydrogen-bond acceptors (Lipinski definition) is 3. The largest absolute Gasteiger partial charge is 0.435 e. The first-order chi connectivity index (χ1) is 10.9. The molecule has 0 unspecified atom stereocenters. The predicted octanol–water partition coefficient (Wildman–Crippen LogP) is 3.20. The van der Waals surface area contributed by atoms with Crippen LogP contribution < -0.4 is 5.32 Å². The van der Waals surface area contributed by atoms with Gasteiger partial charge in [-0.25, -0.2) is 0 Å². The van der Waals surface area contributed by atoms with Crippen LogP contribution in [-0.2, 0) is 17.5 Å². The summed E-state index contributed by atoms with van der Waals surface area (Å²) in [6.07, 6.45) is -2.84. The Morgan fingerprint density at radius 2 is 1.96 bits per heavy atom. The van der Waals surface area contributed by atoms with Gasteiger partial charge in [-0.3, -0.25) is 9.48 Å². The summed E-state index contributed by atoms with van der Waals surface area (Å²) in [5.41, 5.74) is -0.928. The second-order valence-electron chi connectivity index (χ2n) is 4.72. The molecule has 0 spiro atoms. The third-order valence-corrected chi connectivity index (χ3v) is 3.95. The highest BCUT2D eigenvalue weighted by atomic mass is 32.2. The lowest BCUT2D eigenvalue weighted by atomic mass is 10.4. The molecule has 1 heterocycles. The minimum atomic E-state index is -4.44. The quantitative estimate of drug-likeness (QED) is 0.786. The minimum Gasteiger partial charge on any atom is -0.354 e. The molecule has 2 rings (SSSR count). The van der Waals surface area contributed by atoms with Gasteiger partial charge in [0, 0.05) is 29.8 Å². The molecule has 0 aliphatic rings. The summed E-state index contributed by atoms with van der Waals surface area (Å²) in [4.78, 5) is 12.7. The Balaban J connectivity index is 1.64. The fraction of sp³-hybridized carbons (Fsp3) is 0.333. The van der Waals surface area contributed by atoms with E-state index in [9.17, 15) is 18.0 Å². The molecule has 0 fully saturated rings. The van der Waals surface area contributed by atoms with Gasteiger partial charge in [0.05, 0.1) is 6.54 Å². The number of aromatic nitrogens is 2. The number of alkyl halides is 3. The molecule has 1 aromatic heterocycles. The van der Waals surface area contributed by atoms with Gasteiger partial charge >= 0.3 is 6.18 Å². The van der Waals surface area contributed by atoms with Crippen molar-refractivity contribution in [2.45, 2.75) is 24.0 Å². The number of nitrogens with zero attached hydrogens (tertiary/aromatic N) is 2. The summed E-state index contributed by atoms with van der Waals surface area (Å²) in [5.74, 6) is 0.521. The van der Waals surface area contributed by atoms with E-state index in [1.807, 2.05) is 30.3 Å². The Hall–Kier alpha value is -1.96. The number of benzene rings is 1. The number of hydrogen-bond donors (Lipinski definition) is 1. The van der Waals surface area contributed by atoms with Crippen LogP contribution in [0.3, 0.4) is 0 Å². The van der Waals surface area contributed by atoms with Crippen LogP contribution in [0.2, 0.25) is 0 Å². The van der Waals surface area contributed by atoms with Crippen LogP contribution in [0.4, 0.5) is 13.2 Å². The first kappa shape index (κ1) is 17.4. The molecular formula is C15H16F3N3OS. The van der Waals surface area contributed by atoms with Crippen molar-refractivity contribution in [3.8, 4) is 0 Å². The zero-order chi connectivity index (χ0) is 16.7. The summed E-state index contributed by atoms with van der Waals surface area (Å²) >= 11 is 1.58. The van der Waals surface area contributed by atoms with E-state index in [1.165, 1.54) is 10.9 Å². The van der Waals surface area contributed by atoms with E-state index >= 15 is 0 Å². The summed E-state index contributed by atoms with van der Waals surface area (Å²) in [6, 6.07) is 10.6. The topological polar surface area (TPSA) is 46.9 Å². The van der Waals surface area contributed by atoms with E-state index in [4.69, 9.17) is 0 Å². The molecule has 1 amide bonds. The van der Waals surface area contributed by atoms with Crippen molar-refractivity contribution in [3.63, 3.8) is 0 Å². The Morgan fingerprint density at radius 3 is 2.61 bits per heavy atom. The van der Waals surface area contributed by atoms with Crippen LogP contribution in [0, 0.1) is 0 Å². The molecule has 0 aliphatic carbocycles.